The Labute approximate surface area is 122 Å². The number of rotatable bonds is 4. The SMILES string of the molecule is COC(=O)c1cncc(N2CCCN(CC(=O)O)CC2)n1. The van der Waals surface area contributed by atoms with Crippen molar-refractivity contribution in [3.05, 3.63) is 18.1 Å². The maximum Gasteiger partial charge on any atom is 0.358 e. The molecule has 8 heteroatoms. The van der Waals surface area contributed by atoms with Crippen molar-refractivity contribution in [2.45, 2.75) is 6.42 Å². The molecule has 114 valence electrons. The van der Waals surface area contributed by atoms with Gasteiger partial charge >= 0.3 is 11.9 Å². The summed E-state index contributed by atoms with van der Waals surface area (Å²) < 4.78 is 4.63. The van der Waals surface area contributed by atoms with Gasteiger partial charge in [0.15, 0.2) is 5.69 Å². The second-order valence-corrected chi connectivity index (χ2v) is 4.76. The standard InChI is InChI=1S/C13H18N4O4/c1-21-13(20)10-7-14-8-11(15-10)17-4-2-3-16(5-6-17)9-12(18)19/h7-8H,2-6,9H2,1H3,(H,18,19). The van der Waals surface area contributed by atoms with Gasteiger partial charge in [0.2, 0.25) is 0 Å². The number of esters is 1. The minimum absolute atomic E-state index is 0.0434. The van der Waals surface area contributed by atoms with Gasteiger partial charge in [0.05, 0.1) is 26.0 Å². The maximum atomic E-state index is 11.5. The molecule has 2 heterocycles. The summed E-state index contributed by atoms with van der Waals surface area (Å²) in [6, 6.07) is 0. The van der Waals surface area contributed by atoms with Crippen LogP contribution < -0.4 is 4.90 Å². The molecule has 2 rings (SSSR count). The average Bonchev–Trinajstić information content (AvgIpc) is 2.71. The molecule has 1 aromatic rings. The molecule has 1 aliphatic rings. The van der Waals surface area contributed by atoms with Gasteiger partial charge in [-0.25, -0.2) is 9.78 Å². The van der Waals surface area contributed by atoms with Gasteiger partial charge < -0.3 is 14.7 Å². The van der Waals surface area contributed by atoms with Gasteiger partial charge in [0, 0.05) is 26.2 Å². The van der Waals surface area contributed by atoms with E-state index in [1.54, 1.807) is 6.20 Å². The van der Waals surface area contributed by atoms with Crippen LogP contribution in [-0.4, -0.2) is 71.7 Å². The molecule has 0 amide bonds. The number of carboxylic acid groups (broad SMARTS) is 1. The van der Waals surface area contributed by atoms with Crippen LogP contribution in [0.5, 0.6) is 0 Å². The Hall–Kier alpha value is -2.22. The highest BCUT2D eigenvalue weighted by molar-refractivity contribution is 5.87. The Bertz CT molecular complexity index is 523. The Balaban J connectivity index is 2.05. The summed E-state index contributed by atoms with van der Waals surface area (Å²) in [6.45, 7) is 2.80. The Morgan fingerprint density at radius 2 is 2.10 bits per heavy atom. The van der Waals surface area contributed by atoms with Crippen LogP contribution in [0.1, 0.15) is 16.9 Å². The Morgan fingerprint density at radius 3 is 2.81 bits per heavy atom. The minimum Gasteiger partial charge on any atom is -0.480 e. The third kappa shape index (κ3) is 4.12. The van der Waals surface area contributed by atoms with Gasteiger partial charge in [0.25, 0.3) is 0 Å². The highest BCUT2D eigenvalue weighted by Gasteiger charge is 2.19. The zero-order valence-electron chi connectivity index (χ0n) is 11.9. The zero-order chi connectivity index (χ0) is 15.2. The highest BCUT2D eigenvalue weighted by Crippen LogP contribution is 2.13. The van der Waals surface area contributed by atoms with E-state index in [4.69, 9.17) is 5.11 Å². The van der Waals surface area contributed by atoms with Crippen LogP contribution in [0, 0.1) is 0 Å². The van der Waals surface area contributed by atoms with E-state index in [1.807, 2.05) is 9.80 Å². The molecule has 21 heavy (non-hydrogen) atoms. The molecule has 0 aromatic carbocycles. The monoisotopic (exact) mass is 294 g/mol. The molecule has 1 saturated heterocycles. The quantitative estimate of drug-likeness (QED) is 0.767. The number of anilines is 1. The molecule has 0 unspecified atom stereocenters. The van der Waals surface area contributed by atoms with Crippen LogP contribution in [0.2, 0.25) is 0 Å². The summed E-state index contributed by atoms with van der Waals surface area (Å²) in [4.78, 5) is 34.4. The smallest absolute Gasteiger partial charge is 0.358 e. The van der Waals surface area contributed by atoms with Gasteiger partial charge in [-0.2, -0.15) is 0 Å². The summed E-state index contributed by atoms with van der Waals surface area (Å²) in [5.41, 5.74) is 0.168. The lowest BCUT2D eigenvalue weighted by molar-refractivity contribution is -0.138. The Morgan fingerprint density at radius 1 is 1.29 bits per heavy atom. The fraction of sp³-hybridized carbons (Fsp3) is 0.538. The number of methoxy groups -OCH3 is 1. The van der Waals surface area contributed by atoms with Crippen molar-refractivity contribution in [1.82, 2.24) is 14.9 Å². The molecule has 0 radical (unpaired) electrons. The third-order valence-corrected chi connectivity index (χ3v) is 3.29. The number of aliphatic carboxylic acids is 1. The van der Waals surface area contributed by atoms with E-state index in [-0.39, 0.29) is 12.2 Å². The number of hydrogen-bond acceptors (Lipinski definition) is 7. The second kappa shape index (κ2) is 6.98. The topological polar surface area (TPSA) is 95.9 Å². The van der Waals surface area contributed by atoms with Crippen molar-refractivity contribution in [2.75, 3.05) is 44.7 Å². The van der Waals surface area contributed by atoms with Crippen molar-refractivity contribution in [2.24, 2.45) is 0 Å². The van der Waals surface area contributed by atoms with E-state index in [1.165, 1.54) is 13.3 Å². The molecule has 0 atom stereocenters. The molecule has 1 aromatic heterocycles. The average molecular weight is 294 g/mol. The lowest BCUT2D eigenvalue weighted by atomic mass is 10.3. The number of carbonyl (C=O) groups is 2. The summed E-state index contributed by atoms with van der Waals surface area (Å²) in [6.07, 6.45) is 3.79. The van der Waals surface area contributed by atoms with E-state index in [0.717, 1.165) is 19.5 Å². The summed E-state index contributed by atoms with van der Waals surface area (Å²) in [7, 11) is 1.30. The number of carbonyl (C=O) groups excluding carboxylic acids is 1. The first-order chi connectivity index (χ1) is 10.1. The van der Waals surface area contributed by atoms with Crippen LogP contribution in [0.3, 0.4) is 0 Å². The van der Waals surface area contributed by atoms with Gasteiger partial charge in [0.1, 0.15) is 5.82 Å². The first kappa shape index (κ1) is 15.2. The first-order valence-electron chi connectivity index (χ1n) is 6.69. The molecular weight excluding hydrogens is 276 g/mol. The molecule has 0 spiro atoms. The van der Waals surface area contributed by atoms with Crippen molar-refractivity contribution in [3.8, 4) is 0 Å². The lowest BCUT2D eigenvalue weighted by Crippen LogP contribution is -2.34. The van der Waals surface area contributed by atoms with Crippen LogP contribution >= 0.6 is 0 Å². The number of nitrogens with zero attached hydrogens (tertiary/aromatic N) is 4. The highest BCUT2D eigenvalue weighted by atomic mass is 16.5. The molecular formula is C13H18N4O4. The van der Waals surface area contributed by atoms with Crippen LogP contribution in [-0.2, 0) is 9.53 Å². The maximum absolute atomic E-state index is 11.5. The van der Waals surface area contributed by atoms with Crippen molar-refractivity contribution in [3.63, 3.8) is 0 Å². The summed E-state index contributed by atoms with van der Waals surface area (Å²) in [5.74, 6) is -0.738. The van der Waals surface area contributed by atoms with Crippen molar-refractivity contribution in [1.29, 1.82) is 0 Å². The fourth-order valence-electron chi connectivity index (χ4n) is 2.26. The molecule has 0 saturated carbocycles. The number of ether oxygens (including phenoxy) is 1. The van der Waals surface area contributed by atoms with Gasteiger partial charge in [-0.15, -0.1) is 0 Å². The van der Waals surface area contributed by atoms with E-state index < -0.39 is 11.9 Å². The van der Waals surface area contributed by atoms with Gasteiger partial charge in [-0.1, -0.05) is 0 Å². The minimum atomic E-state index is -0.823. The second-order valence-electron chi connectivity index (χ2n) is 4.76. The predicted molar refractivity (Wildman–Crippen MR) is 74.3 cm³/mol. The van der Waals surface area contributed by atoms with E-state index >= 15 is 0 Å². The van der Waals surface area contributed by atoms with E-state index in [2.05, 4.69) is 14.7 Å². The Kier molecular flexibility index (Phi) is 5.04. The normalized spacial score (nSPS) is 16.3. The van der Waals surface area contributed by atoms with E-state index in [9.17, 15) is 9.59 Å². The lowest BCUT2D eigenvalue weighted by Gasteiger charge is -2.21. The van der Waals surface area contributed by atoms with E-state index in [0.29, 0.717) is 18.9 Å². The molecule has 1 fully saturated rings. The molecule has 1 aliphatic heterocycles. The summed E-state index contributed by atoms with van der Waals surface area (Å²) >= 11 is 0. The van der Waals surface area contributed by atoms with Gasteiger partial charge in [-0.05, 0) is 6.42 Å². The molecule has 8 nitrogen and oxygen atoms in total. The largest absolute Gasteiger partial charge is 0.480 e. The van der Waals surface area contributed by atoms with Crippen molar-refractivity contribution >= 4 is 17.8 Å². The van der Waals surface area contributed by atoms with Crippen LogP contribution in [0.4, 0.5) is 5.82 Å². The number of aromatic nitrogens is 2. The number of carboxylic acids is 1. The fourth-order valence-corrected chi connectivity index (χ4v) is 2.26. The molecule has 0 aliphatic carbocycles. The number of hydrogen-bond donors (Lipinski definition) is 1. The zero-order valence-corrected chi connectivity index (χ0v) is 11.9. The van der Waals surface area contributed by atoms with Crippen LogP contribution in [0.15, 0.2) is 12.4 Å². The third-order valence-electron chi connectivity index (χ3n) is 3.29. The predicted octanol–water partition coefficient (Wildman–Crippen LogP) is -0.140. The molecule has 0 bridgehead atoms. The molecule has 1 N–H and O–H groups in total. The van der Waals surface area contributed by atoms with Gasteiger partial charge in [-0.3, -0.25) is 14.7 Å². The summed E-state index contributed by atoms with van der Waals surface area (Å²) in [5, 5.41) is 8.84. The first-order valence-corrected chi connectivity index (χ1v) is 6.69. The van der Waals surface area contributed by atoms with Crippen LogP contribution in [0.25, 0.3) is 0 Å². The van der Waals surface area contributed by atoms with Crippen molar-refractivity contribution < 1.29 is 19.4 Å².